The summed E-state index contributed by atoms with van der Waals surface area (Å²) in [5, 5.41) is 27.9. The van der Waals surface area contributed by atoms with Gasteiger partial charge in [0.2, 0.25) is 12.3 Å². The zero-order chi connectivity index (χ0) is 34.0. The first kappa shape index (κ1) is 36.3. The highest BCUT2D eigenvalue weighted by molar-refractivity contribution is 6.41. The Morgan fingerprint density at radius 2 is 1.64 bits per heavy atom. The highest BCUT2D eigenvalue weighted by atomic mass is 19.1. The van der Waals surface area contributed by atoms with Gasteiger partial charge >= 0.3 is 0 Å². The Balaban J connectivity index is 1.91. The number of hydrogen-bond donors (Lipinski definition) is 4. The number of aryl methyl sites for hydroxylation is 1. The van der Waals surface area contributed by atoms with Gasteiger partial charge < -0.3 is 35.3 Å². The van der Waals surface area contributed by atoms with E-state index in [4.69, 9.17) is 4.74 Å². The first-order valence-corrected chi connectivity index (χ1v) is 15.1. The van der Waals surface area contributed by atoms with E-state index in [1.165, 1.54) is 14.9 Å². The fourth-order valence-electron chi connectivity index (χ4n) is 6.41. The van der Waals surface area contributed by atoms with Crippen LogP contribution >= 0.6 is 0 Å². The third-order valence-electron chi connectivity index (χ3n) is 9.06. The van der Waals surface area contributed by atoms with Crippen LogP contribution in [0.4, 0.5) is 10.1 Å². The number of aldehydes is 1. The lowest BCUT2D eigenvalue weighted by Gasteiger charge is -2.52. The summed E-state index contributed by atoms with van der Waals surface area (Å²) in [5.74, 6) is -1.09. The van der Waals surface area contributed by atoms with Crippen molar-refractivity contribution < 1.29 is 33.7 Å². The Hall–Kier alpha value is -3.19. The average Bonchev–Trinajstić information content (AvgIpc) is 2.94. The molecule has 2 aromatic rings. The number of nitrogens with one attached hydrogen (secondary N) is 2. The summed E-state index contributed by atoms with van der Waals surface area (Å²) in [6.07, 6.45) is 0.541. The van der Waals surface area contributed by atoms with E-state index in [0.717, 1.165) is 26.2 Å². The summed E-state index contributed by atoms with van der Waals surface area (Å²) in [7, 11) is 4.84. The smallest absolute Gasteiger partial charge is 0.238 e. The van der Waals surface area contributed by atoms with Crippen LogP contribution in [-0.2, 0) is 38.8 Å². The van der Waals surface area contributed by atoms with Crippen LogP contribution < -0.4 is 10.6 Å². The summed E-state index contributed by atoms with van der Waals surface area (Å²) in [6.45, 7) is 11.7. The van der Waals surface area contributed by atoms with Gasteiger partial charge in [-0.05, 0) is 51.8 Å². The molecule has 2 aromatic carbocycles. The van der Waals surface area contributed by atoms with Gasteiger partial charge in [-0.15, -0.1) is 0 Å². The molecular formula is C31H46B3FN4O6. The zero-order valence-electron chi connectivity index (χ0n) is 28.0. The van der Waals surface area contributed by atoms with Crippen LogP contribution in [-0.4, -0.2) is 110 Å². The fraction of sp³-hybridized carbons (Fsp3) is 0.516. The number of hydrogen-bond acceptors (Lipinski definition) is 8. The van der Waals surface area contributed by atoms with E-state index < -0.39 is 22.3 Å². The molecule has 1 fully saturated rings. The Labute approximate surface area is 268 Å². The van der Waals surface area contributed by atoms with Crippen molar-refractivity contribution in [1.29, 1.82) is 0 Å². The second kappa shape index (κ2) is 13.3. The maximum atomic E-state index is 15.8. The second-order valence-electron chi connectivity index (χ2n) is 13.8. The van der Waals surface area contributed by atoms with Gasteiger partial charge in [-0.25, -0.2) is 4.39 Å². The minimum atomic E-state index is -2.40. The number of rotatable bonds is 13. The van der Waals surface area contributed by atoms with Gasteiger partial charge in [0, 0.05) is 56.6 Å². The minimum absolute atomic E-state index is 0.140. The molecule has 242 valence electrons. The number of amides is 2. The molecule has 3 atom stereocenters. The molecule has 0 aliphatic carbocycles. The third kappa shape index (κ3) is 7.46. The van der Waals surface area contributed by atoms with Crippen molar-refractivity contribution in [3.8, 4) is 0 Å². The van der Waals surface area contributed by atoms with Crippen LogP contribution in [0.15, 0.2) is 36.4 Å². The number of nitrogens with zero attached hydrogens (tertiary/aromatic N) is 2. The molecule has 0 spiro atoms. The average molecular weight is 622 g/mol. The van der Waals surface area contributed by atoms with Crippen LogP contribution in [0.2, 0.25) is 0 Å². The van der Waals surface area contributed by atoms with E-state index in [1.807, 2.05) is 52.8 Å². The SMILES string of the molecule is BC(O)(C=O)C(B)(O)C(B)(C(=O)NC)N(C=O)Cc1c(C)cccc1NCc1cccc(CN2CC(C)(C)OC(C)(C)C2)c1F. The third-order valence-corrected chi connectivity index (χ3v) is 9.06. The van der Waals surface area contributed by atoms with Crippen LogP contribution in [0.1, 0.15) is 49.9 Å². The van der Waals surface area contributed by atoms with Crippen molar-refractivity contribution in [1.82, 2.24) is 15.1 Å². The number of benzene rings is 2. The topological polar surface area (TPSA) is 131 Å². The predicted molar refractivity (Wildman–Crippen MR) is 179 cm³/mol. The minimum Gasteiger partial charge on any atom is -0.394 e. The van der Waals surface area contributed by atoms with Crippen LogP contribution in [0, 0.1) is 12.7 Å². The van der Waals surface area contributed by atoms with Gasteiger partial charge in [0.05, 0.1) is 16.7 Å². The number of halogens is 1. The van der Waals surface area contributed by atoms with Gasteiger partial charge in [-0.1, -0.05) is 30.3 Å². The molecule has 1 saturated heterocycles. The Morgan fingerprint density at radius 1 is 1.07 bits per heavy atom. The number of ether oxygens (including phenoxy) is 1. The number of likely N-dealkylation sites (N-methyl/N-ethyl adjacent to an activating group) is 1. The van der Waals surface area contributed by atoms with Crippen molar-refractivity contribution in [2.45, 2.75) is 81.9 Å². The summed E-state index contributed by atoms with van der Waals surface area (Å²) in [4.78, 5) is 40.8. The van der Waals surface area contributed by atoms with E-state index >= 15 is 4.39 Å². The van der Waals surface area contributed by atoms with E-state index in [9.17, 15) is 24.6 Å². The Bertz CT molecular complexity index is 1410. The highest BCUT2D eigenvalue weighted by Crippen LogP contribution is 2.34. The normalized spacial score (nSPS) is 20.1. The molecule has 0 saturated carbocycles. The maximum absolute atomic E-state index is 15.8. The monoisotopic (exact) mass is 622 g/mol. The molecule has 14 heteroatoms. The number of morpholine rings is 1. The standard InChI is InChI=1S/C31H46B3FN4O6/c1-20-9-7-12-24(23(20)15-39(19-41)30(33,26(42)36-6)31(34,44)29(32,43)18-40)37-13-21-10-8-11-22(25(21)35)14-38-16-27(2,3)45-28(4,5)17-38/h7-12,18-19,37,43-44H,13-17,32-34H2,1-6H3,(H,36,42). The van der Waals surface area contributed by atoms with Gasteiger partial charge in [0.25, 0.3) is 0 Å². The van der Waals surface area contributed by atoms with Gasteiger partial charge in [0.15, 0.2) is 7.85 Å². The fourth-order valence-corrected chi connectivity index (χ4v) is 6.41. The molecule has 2 amide bonds. The van der Waals surface area contributed by atoms with E-state index in [2.05, 4.69) is 15.5 Å². The molecule has 0 aromatic heterocycles. The molecule has 1 aliphatic rings. The maximum Gasteiger partial charge on any atom is 0.238 e. The number of aliphatic hydroxyl groups is 2. The lowest BCUT2D eigenvalue weighted by Crippen LogP contribution is -2.79. The molecule has 3 unspecified atom stereocenters. The highest BCUT2D eigenvalue weighted by Gasteiger charge is 2.60. The van der Waals surface area contributed by atoms with Gasteiger partial charge in [-0.2, -0.15) is 0 Å². The van der Waals surface area contributed by atoms with Crippen molar-refractivity contribution in [2.75, 3.05) is 25.5 Å². The molecule has 3 rings (SSSR count). The van der Waals surface area contributed by atoms with Crippen molar-refractivity contribution in [2.24, 2.45) is 0 Å². The predicted octanol–water partition coefficient (Wildman–Crippen LogP) is -0.988. The van der Waals surface area contributed by atoms with E-state index in [1.54, 1.807) is 18.2 Å². The molecule has 1 aliphatic heterocycles. The molecule has 0 bridgehead atoms. The van der Waals surface area contributed by atoms with E-state index in [0.29, 0.717) is 48.4 Å². The number of carbonyl (C=O) groups is 3. The van der Waals surface area contributed by atoms with Crippen LogP contribution in [0.5, 0.6) is 0 Å². The van der Waals surface area contributed by atoms with Crippen molar-refractivity contribution in [3.63, 3.8) is 0 Å². The molecule has 10 nitrogen and oxygen atoms in total. The largest absolute Gasteiger partial charge is 0.394 e. The van der Waals surface area contributed by atoms with Crippen molar-refractivity contribution >= 4 is 47.8 Å². The number of anilines is 1. The molecule has 0 radical (unpaired) electrons. The second-order valence-corrected chi connectivity index (χ2v) is 13.8. The van der Waals surface area contributed by atoms with Gasteiger partial charge in [0.1, 0.15) is 38.7 Å². The first-order valence-electron chi connectivity index (χ1n) is 15.1. The lowest BCUT2D eigenvalue weighted by atomic mass is 9.45. The molecule has 1 heterocycles. The van der Waals surface area contributed by atoms with E-state index in [-0.39, 0.29) is 36.4 Å². The summed E-state index contributed by atoms with van der Waals surface area (Å²) in [5.41, 5.74) is -4.58. The molecule has 4 N–H and O–H groups in total. The van der Waals surface area contributed by atoms with Crippen molar-refractivity contribution in [3.05, 3.63) is 64.5 Å². The molecular weight excluding hydrogens is 576 g/mol. The van der Waals surface area contributed by atoms with Crippen LogP contribution in [0.3, 0.4) is 0 Å². The Morgan fingerprint density at radius 3 is 2.20 bits per heavy atom. The summed E-state index contributed by atoms with van der Waals surface area (Å²) in [6, 6.07) is 10.7. The first-order chi connectivity index (χ1) is 20.7. The Kier molecular flexibility index (Phi) is 10.7. The van der Waals surface area contributed by atoms with Gasteiger partial charge in [-0.3, -0.25) is 14.5 Å². The summed E-state index contributed by atoms with van der Waals surface area (Å²) >= 11 is 0. The quantitative estimate of drug-likeness (QED) is 0.166. The summed E-state index contributed by atoms with van der Waals surface area (Å²) < 4.78 is 22.0. The number of carbonyl (C=O) groups excluding carboxylic acids is 3. The zero-order valence-corrected chi connectivity index (χ0v) is 28.0. The van der Waals surface area contributed by atoms with Crippen LogP contribution in [0.25, 0.3) is 0 Å². The lowest BCUT2D eigenvalue weighted by molar-refractivity contribution is -0.182. The molecule has 45 heavy (non-hydrogen) atoms.